The minimum absolute atomic E-state index is 0.273. The number of hydrogen-bond donors (Lipinski definition) is 2. The molecule has 2 atom stereocenters. The Bertz CT molecular complexity index is 888. The van der Waals surface area contributed by atoms with E-state index in [0.717, 1.165) is 11.8 Å². The Hall–Kier alpha value is -2.38. The van der Waals surface area contributed by atoms with Gasteiger partial charge in [0.1, 0.15) is 6.04 Å². The molecule has 2 N–H and O–H groups in total. The molecule has 4 saturated carbocycles. The lowest BCUT2D eigenvalue weighted by atomic mass is 9.51. The molecular weight excluding hydrogens is 445 g/mol. The van der Waals surface area contributed by atoms with Crippen molar-refractivity contribution in [1.29, 1.82) is 0 Å². The van der Waals surface area contributed by atoms with Gasteiger partial charge in [0, 0.05) is 6.42 Å². The SMILES string of the molecule is CC(C)[C@H](NC(=O)[C@@H](NC(=O)CC1C2C[C@H]3C[C@@H](C2)C[C@@H]1C3)c1ccccc1)C(=O)C(F)(F)F. The Kier molecular flexibility index (Phi) is 7.06. The second-order valence-corrected chi connectivity index (χ2v) is 10.8. The number of carbonyl (C=O) groups excluding carboxylic acids is 3. The zero-order valence-electron chi connectivity index (χ0n) is 19.6. The highest BCUT2D eigenvalue weighted by atomic mass is 19.4. The number of carbonyl (C=O) groups is 3. The molecule has 1 aromatic rings. The lowest BCUT2D eigenvalue weighted by Crippen LogP contribution is -2.53. The molecule has 0 aromatic heterocycles. The van der Waals surface area contributed by atoms with Crippen LogP contribution in [-0.2, 0) is 14.4 Å². The predicted molar refractivity (Wildman–Crippen MR) is 120 cm³/mol. The van der Waals surface area contributed by atoms with Crippen LogP contribution in [-0.4, -0.2) is 29.8 Å². The Balaban J connectivity index is 1.47. The predicted octanol–water partition coefficient (Wildman–Crippen LogP) is 4.58. The van der Waals surface area contributed by atoms with Crippen molar-refractivity contribution in [3.63, 3.8) is 0 Å². The van der Waals surface area contributed by atoms with Crippen molar-refractivity contribution in [2.75, 3.05) is 0 Å². The van der Waals surface area contributed by atoms with Gasteiger partial charge in [0.25, 0.3) is 5.78 Å². The monoisotopic (exact) mass is 478 g/mol. The smallest absolute Gasteiger partial charge is 0.344 e. The quantitative estimate of drug-likeness (QED) is 0.574. The van der Waals surface area contributed by atoms with E-state index in [1.165, 1.54) is 46.0 Å². The molecule has 2 amide bonds. The topological polar surface area (TPSA) is 75.3 Å². The van der Waals surface area contributed by atoms with E-state index < -0.39 is 35.9 Å². The molecule has 4 bridgehead atoms. The van der Waals surface area contributed by atoms with E-state index in [4.69, 9.17) is 0 Å². The first-order valence-corrected chi connectivity index (χ1v) is 12.3. The molecule has 1 aromatic carbocycles. The lowest BCUT2D eigenvalue weighted by Gasteiger charge is -2.54. The third-order valence-corrected chi connectivity index (χ3v) is 8.07. The van der Waals surface area contributed by atoms with Crippen LogP contribution in [0.4, 0.5) is 13.2 Å². The summed E-state index contributed by atoms with van der Waals surface area (Å²) >= 11 is 0. The van der Waals surface area contributed by atoms with Crippen molar-refractivity contribution in [3.8, 4) is 0 Å². The van der Waals surface area contributed by atoms with Gasteiger partial charge in [0.05, 0.1) is 6.04 Å². The summed E-state index contributed by atoms with van der Waals surface area (Å²) < 4.78 is 39.2. The van der Waals surface area contributed by atoms with Crippen molar-refractivity contribution in [1.82, 2.24) is 10.6 Å². The summed E-state index contributed by atoms with van der Waals surface area (Å²) in [5, 5.41) is 5.03. The van der Waals surface area contributed by atoms with Gasteiger partial charge >= 0.3 is 6.18 Å². The number of amides is 2. The number of nitrogens with one attached hydrogen (secondary N) is 2. The zero-order chi connectivity index (χ0) is 24.6. The van der Waals surface area contributed by atoms with E-state index in [1.807, 2.05) is 0 Å². The summed E-state index contributed by atoms with van der Waals surface area (Å²) in [5.41, 5.74) is 0.459. The second-order valence-electron chi connectivity index (χ2n) is 10.8. The number of benzene rings is 1. The molecule has 4 aliphatic rings. The Morgan fingerprint density at radius 2 is 1.47 bits per heavy atom. The zero-order valence-corrected chi connectivity index (χ0v) is 19.6. The first kappa shape index (κ1) is 24.7. The summed E-state index contributed by atoms with van der Waals surface area (Å²) in [6, 6.07) is 5.53. The molecule has 4 fully saturated rings. The van der Waals surface area contributed by atoms with E-state index >= 15 is 0 Å². The largest absolute Gasteiger partial charge is 0.452 e. The molecule has 0 spiro atoms. The Morgan fingerprint density at radius 1 is 0.912 bits per heavy atom. The van der Waals surface area contributed by atoms with Crippen LogP contribution in [0.3, 0.4) is 0 Å². The van der Waals surface area contributed by atoms with Crippen LogP contribution in [0.1, 0.15) is 64.0 Å². The Labute approximate surface area is 198 Å². The van der Waals surface area contributed by atoms with Gasteiger partial charge in [-0.05, 0) is 73.2 Å². The first-order valence-electron chi connectivity index (χ1n) is 12.3. The van der Waals surface area contributed by atoms with Crippen LogP contribution in [0.2, 0.25) is 0 Å². The summed E-state index contributed by atoms with van der Waals surface area (Å²) in [6.45, 7) is 2.88. The van der Waals surface area contributed by atoms with Gasteiger partial charge in [-0.3, -0.25) is 14.4 Å². The van der Waals surface area contributed by atoms with Crippen molar-refractivity contribution in [2.45, 2.75) is 70.6 Å². The van der Waals surface area contributed by atoms with Gasteiger partial charge in [-0.15, -0.1) is 0 Å². The standard InChI is InChI=1S/C26H33F3N2O3/c1-14(2)22(24(33)26(27,28)29)31-25(34)23(17-6-4-3-5-7-17)30-21(32)13-20-18-9-15-8-16(11-18)12-19(20)10-15/h3-7,14-16,18-20,22-23H,8-13H2,1-2H3,(H,30,32)(H,31,34)/t15-,16+,18-,19?,20?,22-,23-/m0/s1. The highest BCUT2D eigenvalue weighted by molar-refractivity contribution is 5.95. The average molecular weight is 479 g/mol. The first-order chi connectivity index (χ1) is 16.0. The number of alkyl halides is 3. The number of Topliss-reactive ketones (excluding diaryl/α,β-unsaturated/α-hetero) is 1. The number of halogens is 3. The normalized spacial score (nSPS) is 29.5. The molecule has 5 nitrogen and oxygen atoms in total. The third-order valence-electron chi connectivity index (χ3n) is 8.07. The van der Waals surface area contributed by atoms with E-state index in [2.05, 4.69) is 10.6 Å². The molecule has 8 heteroatoms. The average Bonchev–Trinajstić information content (AvgIpc) is 2.77. The fraction of sp³-hybridized carbons (Fsp3) is 0.654. The molecule has 0 aliphatic heterocycles. The van der Waals surface area contributed by atoms with Crippen molar-refractivity contribution in [2.24, 2.45) is 35.5 Å². The van der Waals surface area contributed by atoms with E-state index in [0.29, 0.717) is 29.7 Å². The van der Waals surface area contributed by atoms with E-state index in [9.17, 15) is 27.6 Å². The number of rotatable bonds is 8. The molecule has 0 radical (unpaired) electrons. The molecule has 0 unspecified atom stereocenters. The third kappa shape index (κ3) is 5.31. The van der Waals surface area contributed by atoms with Crippen LogP contribution in [0.5, 0.6) is 0 Å². The number of ketones is 1. The molecule has 0 saturated heterocycles. The molecular formula is C26H33F3N2O3. The molecule has 4 aliphatic carbocycles. The van der Waals surface area contributed by atoms with Gasteiger partial charge in [-0.2, -0.15) is 13.2 Å². The van der Waals surface area contributed by atoms with Gasteiger partial charge in [-0.25, -0.2) is 0 Å². The van der Waals surface area contributed by atoms with Crippen LogP contribution in [0, 0.1) is 35.5 Å². The fourth-order valence-corrected chi connectivity index (χ4v) is 6.70. The minimum Gasteiger partial charge on any atom is -0.344 e. The highest BCUT2D eigenvalue weighted by Crippen LogP contribution is 2.57. The van der Waals surface area contributed by atoms with Crippen molar-refractivity contribution in [3.05, 3.63) is 35.9 Å². The lowest BCUT2D eigenvalue weighted by molar-refractivity contribution is -0.175. The fourth-order valence-electron chi connectivity index (χ4n) is 6.70. The summed E-state index contributed by atoms with van der Waals surface area (Å²) in [7, 11) is 0. The van der Waals surface area contributed by atoms with Crippen molar-refractivity contribution < 1.29 is 27.6 Å². The second kappa shape index (κ2) is 9.70. The Morgan fingerprint density at radius 3 is 1.97 bits per heavy atom. The molecule has 34 heavy (non-hydrogen) atoms. The van der Waals surface area contributed by atoms with Crippen LogP contribution in [0.25, 0.3) is 0 Å². The number of hydrogen-bond acceptors (Lipinski definition) is 3. The van der Waals surface area contributed by atoms with E-state index in [-0.39, 0.29) is 5.91 Å². The van der Waals surface area contributed by atoms with E-state index in [1.54, 1.807) is 30.3 Å². The van der Waals surface area contributed by atoms with Crippen LogP contribution >= 0.6 is 0 Å². The molecule has 0 heterocycles. The van der Waals surface area contributed by atoms with Gasteiger partial charge in [0.2, 0.25) is 11.8 Å². The van der Waals surface area contributed by atoms with Crippen molar-refractivity contribution >= 4 is 17.6 Å². The van der Waals surface area contributed by atoms with Crippen LogP contribution < -0.4 is 10.6 Å². The summed E-state index contributed by atoms with van der Waals surface area (Å²) in [5.74, 6) is -0.914. The minimum atomic E-state index is -5.06. The maximum Gasteiger partial charge on any atom is 0.452 e. The van der Waals surface area contributed by atoms with Gasteiger partial charge in [0.15, 0.2) is 0 Å². The van der Waals surface area contributed by atoms with Gasteiger partial charge < -0.3 is 10.6 Å². The van der Waals surface area contributed by atoms with Crippen LogP contribution in [0.15, 0.2) is 30.3 Å². The van der Waals surface area contributed by atoms with Gasteiger partial charge in [-0.1, -0.05) is 44.2 Å². The molecule has 186 valence electrons. The summed E-state index contributed by atoms with van der Waals surface area (Å²) in [4.78, 5) is 38.1. The maximum atomic E-state index is 13.1. The maximum absolute atomic E-state index is 13.1. The highest BCUT2D eigenvalue weighted by Gasteiger charge is 2.49. The molecule has 5 rings (SSSR count). The summed E-state index contributed by atoms with van der Waals surface area (Å²) in [6.07, 6.45) is 1.25.